The maximum Gasteiger partial charge on any atom is 0.416 e. The van der Waals surface area contributed by atoms with E-state index in [-0.39, 0.29) is 18.4 Å². The number of hydrogen-bond donors (Lipinski definition) is 0. The molecule has 2 aromatic rings. The van der Waals surface area contributed by atoms with E-state index >= 15 is 0 Å². The number of carbonyl (C=O) groups excluding carboxylic acids is 1. The van der Waals surface area contributed by atoms with Crippen LogP contribution in [0.4, 0.5) is 13.2 Å². The SMILES string of the molecule is O=C(Cc1ccc(C(F)(F)F)cc1)N1CCC(Oc2ncccc2Br)C1. The fourth-order valence-corrected chi connectivity index (χ4v) is 3.11. The van der Waals surface area contributed by atoms with Gasteiger partial charge in [0.05, 0.1) is 23.0 Å². The molecule has 1 unspecified atom stereocenters. The van der Waals surface area contributed by atoms with Crippen molar-refractivity contribution in [3.05, 3.63) is 58.2 Å². The molecule has 0 spiro atoms. The Labute approximate surface area is 157 Å². The molecule has 1 aromatic heterocycles. The highest BCUT2D eigenvalue weighted by molar-refractivity contribution is 9.10. The van der Waals surface area contributed by atoms with E-state index in [0.717, 1.165) is 16.6 Å². The smallest absolute Gasteiger partial charge is 0.416 e. The second-order valence-electron chi connectivity index (χ2n) is 6.03. The van der Waals surface area contributed by atoms with Gasteiger partial charge in [0.2, 0.25) is 11.8 Å². The summed E-state index contributed by atoms with van der Waals surface area (Å²) in [7, 11) is 0. The van der Waals surface area contributed by atoms with E-state index in [1.54, 1.807) is 17.2 Å². The van der Waals surface area contributed by atoms with Crippen molar-refractivity contribution >= 4 is 21.8 Å². The van der Waals surface area contributed by atoms with Gasteiger partial charge in [-0.05, 0) is 45.8 Å². The fourth-order valence-electron chi connectivity index (χ4n) is 2.76. The molecule has 8 heteroatoms. The van der Waals surface area contributed by atoms with Crippen molar-refractivity contribution in [2.75, 3.05) is 13.1 Å². The Bertz CT molecular complexity index is 781. The van der Waals surface area contributed by atoms with Gasteiger partial charge in [0.25, 0.3) is 0 Å². The van der Waals surface area contributed by atoms with Gasteiger partial charge in [-0.1, -0.05) is 12.1 Å². The predicted molar refractivity (Wildman–Crippen MR) is 92.7 cm³/mol. The normalized spacial score (nSPS) is 17.4. The van der Waals surface area contributed by atoms with Crippen LogP contribution >= 0.6 is 15.9 Å². The van der Waals surface area contributed by atoms with Gasteiger partial charge in [0, 0.05) is 19.2 Å². The summed E-state index contributed by atoms with van der Waals surface area (Å²) in [5, 5.41) is 0. The highest BCUT2D eigenvalue weighted by atomic mass is 79.9. The van der Waals surface area contributed by atoms with Crippen molar-refractivity contribution in [2.45, 2.75) is 25.1 Å². The van der Waals surface area contributed by atoms with Gasteiger partial charge in [-0.2, -0.15) is 13.2 Å². The van der Waals surface area contributed by atoms with Gasteiger partial charge in [-0.3, -0.25) is 4.79 Å². The summed E-state index contributed by atoms with van der Waals surface area (Å²) in [6.07, 6.45) is -2.15. The molecule has 0 N–H and O–H groups in total. The molecule has 2 heterocycles. The maximum atomic E-state index is 12.6. The van der Waals surface area contributed by atoms with Gasteiger partial charge in [-0.15, -0.1) is 0 Å². The Kier molecular flexibility index (Phi) is 5.50. The van der Waals surface area contributed by atoms with Crippen molar-refractivity contribution in [3.8, 4) is 5.88 Å². The lowest BCUT2D eigenvalue weighted by atomic mass is 10.1. The molecule has 3 rings (SSSR count). The zero-order valence-electron chi connectivity index (χ0n) is 13.7. The second kappa shape index (κ2) is 7.65. The number of rotatable bonds is 4. The summed E-state index contributed by atoms with van der Waals surface area (Å²) >= 11 is 3.36. The Hall–Kier alpha value is -2.09. The van der Waals surface area contributed by atoms with Crippen LogP contribution in [-0.2, 0) is 17.4 Å². The van der Waals surface area contributed by atoms with Crippen molar-refractivity contribution in [3.63, 3.8) is 0 Å². The summed E-state index contributed by atoms with van der Waals surface area (Å²) in [4.78, 5) is 18.2. The Balaban J connectivity index is 1.55. The van der Waals surface area contributed by atoms with Gasteiger partial charge in [0.1, 0.15) is 6.10 Å². The number of alkyl halides is 3. The lowest BCUT2D eigenvalue weighted by Crippen LogP contribution is -2.32. The van der Waals surface area contributed by atoms with Crippen molar-refractivity contribution in [1.82, 2.24) is 9.88 Å². The van der Waals surface area contributed by atoms with E-state index in [9.17, 15) is 18.0 Å². The van der Waals surface area contributed by atoms with Gasteiger partial charge >= 0.3 is 6.18 Å². The van der Waals surface area contributed by atoms with E-state index in [1.165, 1.54) is 12.1 Å². The van der Waals surface area contributed by atoms with E-state index in [1.807, 2.05) is 6.07 Å². The number of pyridine rings is 1. The van der Waals surface area contributed by atoms with Crippen LogP contribution in [-0.4, -0.2) is 35.0 Å². The molecule has 1 fully saturated rings. The molecule has 1 aliphatic rings. The largest absolute Gasteiger partial charge is 0.472 e. The van der Waals surface area contributed by atoms with Crippen molar-refractivity contribution < 1.29 is 22.7 Å². The van der Waals surface area contributed by atoms with Crippen LogP contribution in [0.5, 0.6) is 5.88 Å². The third-order valence-electron chi connectivity index (χ3n) is 4.14. The molecule has 1 aromatic carbocycles. The topological polar surface area (TPSA) is 42.4 Å². The number of hydrogen-bond acceptors (Lipinski definition) is 3. The number of carbonyl (C=O) groups is 1. The number of aromatic nitrogens is 1. The maximum absolute atomic E-state index is 12.6. The molecule has 1 amide bonds. The number of ether oxygens (including phenoxy) is 1. The summed E-state index contributed by atoms with van der Waals surface area (Å²) in [5.41, 5.74) is -0.163. The Morgan fingerprint density at radius 2 is 2.00 bits per heavy atom. The van der Waals surface area contributed by atoms with Crippen molar-refractivity contribution in [1.29, 1.82) is 0 Å². The molecule has 1 atom stereocenters. The Morgan fingerprint density at radius 3 is 2.65 bits per heavy atom. The van der Waals surface area contributed by atoms with Crippen LogP contribution in [0, 0.1) is 0 Å². The molecular formula is C18H16BrF3N2O2. The van der Waals surface area contributed by atoms with E-state index in [2.05, 4.69) is 20.9 Å². The number of amides is 1. The van der Waals surface area contributed by atoms with Crippen LogP contribution in [0.25, 0.3) is 0 Å². The zero-order chi connectivity index (χ0) is 18.7. The fraction of sp³-hybridized carbons (Fsp3) is 0.333. The molecule has 1 aliphatic heterocycles. The average Bonchev–Trinajstić information content (AvgIpc) is 3.05. The number of likely N-dealkylation sites (tertiary alicyclic amines) is 1. The quantitative estimate of drug-likeness (QED) is 0.736. The predicted octanol–water partition coefficient (Wildman–Crippen LogP) is 4.09. The summed E-state index contributed by atoms with van der Waals surface area (Å²) in [6.45, 7) is 0.983. The average molecular weight is 429 g/mol. The molecule has 0 aliphatic carbocycles. The summed E-state index contributed by atoms with van der Waals surface area (Å²) in [5.74, 6) is 0.352. The first kappa shape index (κ1) is 18.7. The second-order valence-corrected chi connectivity index (χ2v) is 6.88. The van der Waals surface area contributed by atoms with Crippen LogP contribution in [0.15, 0.2) is 47.1 Å². The minimum absolute atomic E-state index is 0.0676. The molecule has 0 bridgehead atoms. The van der Waals surface area contributed by atoms with Crippen LogP contribution in [0.2, 0.25) is 0 Å². The van der Waals surface area contributed by atoms with E-state index in [4.69, 9.17) is 4.74 Å². The van der Waals surface area contributed by atoms with Gasteiger partial charge in [-0.25, -0.2) is 4.98 Å². The van der Waals surface area contributed by atoms with Crippen LogP contribution in [0.3, 0.4) is 0 Å². The molecule has 138 valence electrons. The van der Waals surface area contributed by atoms with Crippen molar-refractivity contribution in [2.24, 2.45) is 0 Å². The highest BCUT2D eigenvalue weighted by Gasteiger charge is 2.31. The minimum Gasteiger partial charge on any atom is -0.472 e. The first-order valence-electron chi connectivity index (χ1n) is 8.04. The Morgan fingerprint density at radius 1 is 1.27 bits per heavy atom. The highest BCUT2D eigenvalue weighted by Crippen LogP contribution is 2.29. The standard InChI is InChI=1S/C18H16BrF3N2O2/c19-15-2-1-8-23-17(15)26-14-7-9-24(11-14)16(25)10-12-3-5-13(6-4-12)18(20,21)22/h1-6,8,14H,7,9-11H2. The first-order chi connectivity index (χ1) is 12.3. The molecule has 26 heavy (non-hydrogen) atoms. The van der Waals surface area contributed by atoms with E-state index in [0.29, 0.717) is 31.0 Å². The minimum atomic E-state index is -4.37. The molecule has 1 saturated heterocycles. The number of benzene rings is 1. The third kappa shape index (κ3) is 4.55. The van der Waals surface area contributed by atoms with Gasteiger partial charge in [0.15, 0.2) is 0 Å². The molecule has 4 nitrogen and oxygen atoms in total. The van der Waals surface area contributed by atoms with E-state index < -0.39 is 11.7 Å². The lowest BCUT2D eigenvalue weighted by Gasteiger charge is -2.17. The monoisotopic (exact) mass is 428 g/mol. The zero-order valence-corrected chi connectivity index (χ0v) is 15.3. The number of halogens is 4. The molecular weight excluding hydrogens is 413 g/mol. The summed E-state index contributed by atoms with van der Waals surface area (Å²) in [6, 6.07) is 8.29. The van der Waals surface area contributed by atoms with Crippen LogP contribution < -0.4 is 4.74 Å². The summed E-state index contributed by atoms with van der Waals surface area (Å²) < 4.78 is 44.3. The van der Waals surface area contributed by atoms with Gasteiger partial charge < -0.3 is 9.64 Å². The first-order valence-corrected chi connectivity index (χ1v) is 8.83. The van der Waals surface area contributed by atoms with Crippen LogP contribution in [0.1, 0.15) is 17.5 Å². The lowest BCUT2D eigenvalue weighted by molar-refractivity contribution is -0.137. The number of nitrogens with zero attached hydrogens (tertiary/aromatic N) is 2. The molecule has 0 saturated carbocycles. The molecule has 0 radical (unpaired) electrons. The third-order valence-corrected chi connectivity index (χ3v) is 4.74.